The Bertz CT molecular complexity index is 660. The van der Waals surface area contributed by atoms with Crippen molar-refractivity contribution < 1.29 is 0 Å². The van der Waals surface area contributed by atoms with Gasteiger partial charge in [0.25, 0.3) is 0 Å². The van der Waals surface area contributed by atoms with Crippen molar-refractivity contribution in [2.75, 3.05) is 33.2 Å². The van der Waals surface area contributed by atoms with Crippen LogP contribution in [0.1, 0.15) is 24.8 Å². The summed E-state index contributed by atoms with van der Waals surface area (Å²) in [6.45, 7) is 5.12. The molecular formula is C18H27N7. The molecule has 1 fully saturated rings. The Morgan fingerprint density at radius 3 is 2.84 bits per heavy atom. The zero-order valence-corrected chi connectivity index (χ0v) is 14.9. The summed E-state index contributed by atoms with van der Waals surface area (Å²) in [7, 11) is 1.80. The molecule has 3 rings (SSSR count). The number of nitrogens with one attached hydrogen (secondary N) is 2. The number of aromatic nitrogens is 3. The van der Waals surface area contributed by atoms with Gasteiger partial charge in [0.05, 0.1) is 0 Å². The molecule has 0 radical (unpaired) electrons. The molecular weight excluding hydrogens is 314 g/mol. The highest BCUT2D eigenvalue weighted by Gasteiger charge is 2.09. The first-order chi connectivity index (χ1) is 12.3. The number of nitrogens with zero attached hydrogens (tertiary/aromatic N) is 5. The molecule has 0 spiro atoms. The lowest BCUT2D eigenvalue weighted by Crippen LogP contribution is -2.42. The molecule has 7 nitrogen and oxygen atoms in total. The van der Waals surface area contributed by atoms with Crippen LogP contribution in [0.15, 0.2) is 41.8 Å². The van der Waals surface area contributed by atoms with Gasteiger partial charge in [-0.25, -0.2) is 9.67 Å². The van der Waals surface area contributed by atoms with Crippen LogP contribution >= 0.6 is 0 Å². The third-order valence-corrected chi connectivity index (χ3v) is 4.40. The van der Waals surface area contributed by atoms with Crippen LogP contribution < -0.4 is 10.6 Å². The fourth-order valence-electron chi connectivity index (χ4n) is 3.02. The number of hydrogen-bond acceptors (Lipinski definition) is 4. The molecule has 3 heterocycles. The van der Waals surface area contributed by atoms with Gasteiger partial charge >= 0.3 is 0 Å². The zero-order chi connectivity index (χ0) is 17.3. The van der Waals surface area contributed by atoms with Crippen molar-refractivity contribution in [1.82, 2.24) is 30.3 Å². The second kappa shape index (κ2) is 9.17. The van der Waals surface area contributed by atoms with Gasteiger partial charge in [0.2, 0.25) is 0 Å². The van der Waals surface area contributed by atoms with Crippen LogP contribution in [0.4, 0.5) is 0 Å². The quantitative estimate of drug-likeness (QED) is 0.614. The maximum Gasteiger partial charge on any atom is 0.191 e. The number of rotatable bonds is 6. The predicted molar refractivity (Wildman–Crippen MR) is 99.9 cm³/mol. The molecule has 2 aromatic heterocycles. The third kappa shape index (κ3) is 5.29. The monoisotopic (exact) mass is 341 g/mol. The second-order valence-corrected chi connectivity index (χ2v) is 6.23. The molecule has 1 saturated heterocycles. The summed E-state index contributed by atoms with van der Waals surface area (Å²) in [6.07, 6.45) is 9.47. The summed E-state index contributed by atoms with van der Waals surface area (Å²) in [5.74, 6) is 1.65. The van der Waals surface area contributed by atoms with Gasteiger partial charge in [-0.2, -0.15) is 5.10 Å². The largest absolute Gasteiger partial charge is 0.355 e. The van der Waals surface area contributed by atoms with Crippen LogP contribution in [0.5, 0.6) is 0 Å². The summed E-state index contributed by atoms with van der Waals surface area (Å²) < 4.78 is 1.76. The van der Waals surface area contributed by atoms with Gasteiger partial charge in [-0.3, -0.25) is 4.99 Å². The van der Waals surface area contributed by atoms with Gasteiger partial charge in [-0.05, 0) is 49.7 Å². The van der Waals surface area contributed by atoms with Crippen molar-refractivity contribution in [2.24, 2.45) is 4.99 Å². The van der Waals surface area contributed by atoms with Crippen molar-refractivity contribution in [3.8, 4) is 5.82 Å². The lowest BCUT2D eigenvalue weighted by molar-refractivity contribution is 0.232. The minimum absolute atomic E-state index is 0.695. The number of piperidine rings is 1. The van der Waals surface area contributed by atoms with Crippen LogP contribution in [0.25, 0.3) is 5.82 Å². The minimum atomic E-state index is 0.695. The first-order valence-electron chi connectivity index (χ1n) is 8.97. The molecule has 0 bridgehead atoms. The third-order valence-electron chi connectivity index (χ3n) is 4.40. The SMILES string of the molecule is CN=C(NCCN1CCCCC1)NCc1ccnc(-n2cccn2)c1. The predicted octanol–water partition coefficient (Wildman–Crippen LogP) is 1.42. The highest BCUT2D eigenvalue weighted by atomic mass is 15.3. The molecule has 1 aliphatic heterocycles. The Balaban J connectivity index is 1.45. The van der Waals surface area contributed by atoms with E-state index in [1.165, 1.54) is 32.4 Å². The molecule has 0 atom stereocenters. The van der Waals surface area contributed by atoms with Gasteiger partial charge in [0, 0.05) is 45.3 Å². The Hall–Kier alpha value is -2.41. The molecule has 1 aliphatic rings. The number of pyridine rings is 1. The number of hydrogen-bond donors (Lipinski definition) is 2. The lowest BCUT2D eigenvalue weighted by atomic mass is 10.1. The number of aliphatic imine (C=N–C) groups is 1. The summed E-state index contributed by atoms with van der Waals surface area (Å²) in [5, 5.41) is 11.0. The van der Waals surface area contributed by atoms with Crippen LogP contribution in [-0.4, -0.2) is 58.9 Å². The minimum Gasteiger partial charge on any atom is -0.355 e. The summed E-state index contributed by atoms with van der Waals surface area (Å²) in [6, 6.07) is 5.92. The van der Waals surface area contributed by atoms with E-state index in [0.29, 0.717) is 6.54 Å². The molecule has 2 aromatic rings. The average Bonchev–Trinajstić information content (AvgIpc) is 3.20. The first-order valence-corrected chi connectivity index (χ1v) is 8.97. The highest BCUT2D eigenvalue weighted by molar-refractivity contribution is 5.79. The van der Waals surface area contributed by atoms with Crippen molar-refractivity contribution >= 4 is 5.96 Å². The number of likely N-dealkylation sites (tertiary alicyclic amines) is 1. The second-order valence-electron chi connectivity index (χ2n) is 6.23. The molecule has 134 valence electrons. The van der Waals surface area contributed by atoms with Crippen molar-refractivity contribution in [2.45, 2.75) is 25.8 Å². The van der Waals surface area contributed by atoms with E-state index in [-0.39, 0.29) is 0 Å². The van der Waals surface area contributed by atoms with Gasteiger partial charge in [-0.15, -0.1) is 0 Å². The number of guanidine groups is 1. The fourth-order valence-corrected chi connectivity index (χ4v) is 3.02. The Labute approximate surface area is 149 Å². The maximum atomic E-state index is 4.35. The molecule has 0 saturated carbocycles. The van der Waals surface area contributed by atoms with E-state index in [1.54, 1.807) is 24.1 Å². The first kappa shape index (κ1) is 17.4. The van der Waals surface area contributed by atoms with E-state index in [4.69, 9.17) is 0 Å². The van der Waals surface area contributed by atoms with Crippen molar-refractivity contribution in [3.05, 3.63) is 42.4 Å². The van der Waals surface area contributed by atoms with Crippen LogP contribution in [0.3, 0.4) is 0 Å². The van der Waals surface area contributed by atoms with E-state index in [2.05, 4.69) is 30.6 Å². The topological polar surface area (TPSA) is 70.4 Å². The molecule has 0 aromatic carbocycles. The van der Waals surface area contributed by atoms with Crippen LogP contribution in [0.2, 0.25) is 0 Å². The maximum absolute atomic E-state index is 4.35. The molecule has 0 aliphatic carbocycles. The van der Waals surface area contributed by atoms with Crippen molar-refractivity contribution in [1.29, 1.82) is 0 Å². The molecule has 0 amide bonds. The van der Waals surface area contributed by atoms with E-state index in [1.807, 2.05) is 24.4 Å². The standard InChI is InChI=1S/C18H27N7/c1-19-18(21-9-13-24-10-3-2-4-11-24)22-15-16-6-8-20-17(14-16)25-12-5-7-23-25/h5-8,12,14H,2-4,9-11,13,15H2,1H3,(H2,19,21,22). The summed E-state index contributed by atoms with van der Waals surface area (Å²) in [5.41, 5.74) is 1.14. The molecule has 0 unspecified atom stereocenters. The normalized spacial score (nSPS) is 16.0. The lowest BCUT2D eigenvalue weighted by Gasteiger charge is -2.26. The van der Waals surface area contributed by atoms with E-state index in [9.17, 15) is 0 Å². The van der Waals surface area contributed by atoms with Crippen LogP contribution in [-0.2, 0) is 6.54 Å². The van der Waals surface area contributed by atoms with E-state index in [0.717, 1.165) is 30.4 Å². The fraction of sp³-hybridized carbons (Fsp3) is 0.500. The van der Waals surface area contributed by atoms with Gasteiger partial charge in [0.15, 0.2) is 11.8 Å². The smallest absolute Gasteiger partial charge is 0.191 e. The molecule has 2 N–H and O–H groups in total. The van der Waals surface area contributed by atoms with Crippen molar-refractivity contribution in [3.63, 3.8) is 0 Å². The molecule has 7 heteroatoms. The van der Waals surface area contributed by atoms with Crippen LogP contribution in [0, 0.1) is 0 Å². The Kier molecular flexibility index (Phi) is 6.39. The van der Waals surface area contributed by atoms with E-state index < -0.39 is 0 Å². The van der Waals surface area contributed by atoms with E-state index >= 15 is 0 Å². The van der Waals surface area contributed by atoms with Gasteiger partial charge in [-0.1, -0.05) is 6.42 Å². The van der Waals surface area contributed by atoms with Gasteiger partial charge < -0.3 is 15.5 Å². The zero-order valence-electron chi connectivity index (χ0n) is 14.9. The Morgan fingerprint density at radius 2 is 2.08 bits per heavy atom. The average molecular weight is 341 g/mol. The summed E-state index contributed by atoms with van der Waals surface area (Å²) in [4.78, 5) is 11.2. The van der Waals surface area contributed by atoms with Gasteiger partial charge in [0.1, 0.15) is 0 Å². The summed E-state index contributed by atoms with van der Waals surface area (Å²) >= 11 is 0. The molecule has 25 heavy (non-hydrogen) atoms. The Morgan fingerprint density at radius 1 is 1.20 bits per heavy atom. The highest BCUT2D eigenvalue weighted by Crippen LogP contribution is 2.07.